The lowest BCUT2D eigenvalue weighted by Crippen LogP contribution is -2.16. The Morgan fingerprint density at radius 1 is 0.964 bits per heavy atom. The number of hydrogen-bond acceptors (Lipinski definition) is 3. The lowest BCUT2D eigenvalue weighted by molar-refractivity contribution is 0.568. The van der Waals surface area contributed by atoms with Crippen molar-refractivity contribution >= 4 is 11.5 Å². The van der Waals surface area contributed by atoms with Gasteiger partial charge in [0.25, 0.3) is 0 Å². The minimum absolute atomic E-state index is 0.0558. The highest BCUT2D eigenvalue weighted by molar-refractivity contribution is 5.78. The summed E-state index contributed by atoms with van der Waals surface area (Å²) in [5, 5.41) is 8.20. The van der Waals surface area contributed by atoms with Crippen LogP contribution in [-0.4, -0.2) is 14.6 Å². The summed E-state index contributed by atoms with van der Waals surface area (Å²) in [6.07, 6.45) is 1.91. The van der Waals surface area contributed by atoms with Gasteiger partial charge in [-0.25, -0.2) is 4.98 Å². The number of nitrogens with zero attached hydrogens (tertiary/aromatic N) is 3. The zero-order valence-electron chi connectivity index (χ0n) is 16.9. The van der Waals surface area contributed by atoms with Crippen molar-refractivity contribution in [2.24, 2.45) is 0 Å². The molecule has 0 spiro atoms. The summed E-state index contributed by atoms with van der Waals surface area (Å²) >= 11 is 0. The molecule has 4 nitrogen and oxygen atoms in total. The first-order valence-corrected chi connectivity index (χ1v) is 9.66. The van der Waals surface area contributed by atoms with Gasteiger partial charge in [-0.15, -0.1) is 0 Å². The largest absolute Gasteiger partial charge is 0.366 e. The number of hydrogen-bond donors (Lipinski definition) is 1. The van der Waals surface area contributed by atoms with Crippen LogP contribution in [0.5, 0.6) is 0 Å². The number of rotatable bonds is 4. The van der Waals surface area contributed by atoms with E-state index in [4.69, 9.17) is 4.98 Å². The van der Waals surface area contributed by atoms with Crippen molar-refractivity contribution in [2.45, 2.75) is 39.7 Å². The predicted octanol–water partition coefficient (Wildman–Crippen LogP) is 5.61. The van der Waals surface area contributed by atoms with Gasteiger partial charge in [-0.3, -0.25) is 0 Å². The highest BCUT2D eigenvalue weighted by Gasteiger charge is 2.20. The quantitative estimate of drug-likeness (QED) is 0.507. The maximum absolute atomic E-state index is 4.98. The van der Waals surface area contributed by atoms with E-state index in [1.807, 2.05) is 16.8 Å². The number of benzene rings is 2. The monoisotopic (exact) mass is 370 g/mol. The van der Waals surface area contributed by atoms with Gasteiger partial charge in [0.05, 0.1) is 11.9 Å². The summed E-state index contributed by atoms with van der Waals surface area (Å²) < 4.78 is 1.91. The lowest BCUT2D eigenvalue weighted by atomic mass is 9.92. The molecule has 2 heterocycles. The van der Waals surface area contributed by atoms with Crippen LogP contribution in [0.3, 0.4) is 0 Å². The third-order valence-electron chi connectivity index (χ3n) is 4.92. The van der Waals surface area contributed by atoms with E-state index < -0.39 is 0 Å². The van der Waals surface area contributed by atoms with E-state index in [9.17, 15) is 0 Å². The third-order valence-corrected chi connectivity index (χ3v) is 4.92. The molecular formula is C24H26N4. The highest BCUT2D eigenvalue weighted by atomic mass is 15.3. The van der Waals surface area contributed by atoms with Crippen LogP contribution in [0.2, 0.25) is 0 Å². The zero-order valence-corrected chi connectivity index (χ0v) is 16.9. The minimum atomic E-state index is -0.0558. The van der Waals surface area contributed by atoms with Crippen LogP contribution in [-0.2, 0) is 12.0 Å². The molecule has 2 aromatic carbocycles. The van der Waals surface area contributed by atoms with Gasteiger partial charge in [0.2, 0.25) is 0 Å². The molecule has 0 saturated carbocycles. The molecule has 4 aromatic rings. The van der Waals surface area contributed by atoms with E-state index in [0.717, 1.165) is 34.8 Å². The molecule has 4 rings (SSSR count). The summed E-state index contributed by atoms with van der Waals surface area (Å²) in [6, 6.07) is 21.0. The number of anilines is 1. The summed E-state index contributed by atoms with van der Waals surface area (Å²) in [6.45, 7) is 9.41. The van der Waals surface area contributed by atoms with Crippen molar-refractivity contribution in [2.75, 3.05) is 5.32 Å². The molecule has 4 heteroatoms. The maximum Gasteiger partial charge on any atom is 0.165 e. The summed E-state index contributed by atoms with van der Waals surface area (Å²) in [7, 11) is 0. The summed E-state index contributed by atoms with van der Waals surface area (Å²) in [5.74, 6) is 0.956. The minimum Gasteiger partial charge on any atom is -0.366 e. The van der Waals surface area contributed by atoms with Crippen molar-refractivity contribution in [3.63, 3.8) is 0 Å². The van der Waals surface area contributed by atoms with Crippen LogP contribution < -0.4 is 5.32 Å². The van der Waals surface area contributed by atoms with Crippen LogP contribution >= 0.6 is 0 Å². The number of aryl methyl sites for hydroxylation is 1. The molecule has 0 amide bonds. The average Bonchev–Trinajstić information content (AvgIpc) is 3.11. The Labute approximate surface area is 166 Å². The topological polar surface area (TPSA) is 42.2 Å². The Morgan fingerprint density at radius 3 is 2.36 bits per heavy atom. The first kappa shape index (κ1) is 18.2. The molecule has 0 fully saturated rings. The van der Waals surface area contributed by atoms with E-state index in [1.54, 1.807) is 0 Å². The Balaban J connectivity index is 1.81. The molecule has 28 heavy (non-hydrogen) atoms. The first-order valence-electron chi connectivity index (χ1n) is 9.66. The second kappa shape index (κ2) is 7.12. The third kappa shape index (κ3) is 3.63. The van der Waals surface area contributed by atoms with Crippen LogP contribution in [0.4, 0.5) is 5.82 Å². The van der Waals surface area contributed by atoms with Gasteiger partial charge in [0.15, 0.2) is 5.65 Å². The number of fused-ring (bicyclic) bond motifs is 1. The van der Waals surface area contributed by atoms with Crippen LogP contribution in [0.25, 0.3) is 16.8 Å². The fourth-order valence-electron chi connectivity index (χ4n) is 3.20. The van der Waals surface area contributed by atoms with Crippen molar-refractivity contribution in [3.05, 3.63) is 83.7 Å². The Morgan fingerprint density at radius 2 is 1.68 bits per heavy atom. The molecule has 142 valence electrons. The average molecular weight is 371 g/mol. The normalized spacial score (nSPS) is 11.7. The summed E-state index contributed by atoms with van der Waals surface area (Å²) in [4.78, 5) is 4.98. The summed E-state index contributed by atoms with van der Waals surface area (Å²) in [5.41, 5.74) is 6.53. The fourth-order valence-corrected chi connectivity index (χ4v) is 3.20. The maximum atomic E-state index is 4.98. The van der Waals surface area contributed by atoms with E-state index in [2.05, 4.69) is 92.7 Å². The zero-order chi connectivity index (χ0) is 19.7. The molecule has 0 unspecified atom stereocenters. The molecule has 0 aliphatic carbocycles. The van der Waals surface area contributed by atoms with Crippen LogP contribution in [0.15, 0.2) is 66.9 Å². The second-order valence-corrected chi connectivity index (χ2v) is 8.28. The molecule has 0 radical (unpaired) electrons. The van der Waals surface area contributed by atoms with Gasteiger partial charge in [-0.2, -0.15) is 9.61 Å². The Kier molecular flexibility index (Phi) is 4.63. The van der Waals surface area contributed by atoms with Crippen molar-refractivity contribution < 1.29 is 0 Å². The molecule has 0 saturated heterocycles. The first-order chi connectivity index (χ1) is 13.4. The molecular weight excluding hydrogens is 344 g/mol. The van der Waals surface area contributed by atoms with Crippen LogP contribution in [0, 0.1) is 6.92 Å². The highest BCUT2D eigenvalue weighted by Crippen LogP contribution is 2.30. The smallest absolute Gasteiger partial charge is 0.165 e. The van der Waals surface area contributed by atoms with E-state index in [-0.39, 0.29) is 5.41 Å². The van der Waals surface area contributed by atoms with E-state index in [1.165, 1.54) is 11.1 Å². The molecule has 0 bridgehead atoms. The number of nitrogens with one attached hydrogen (secondary N) is 1. The molecule has 2 aromatic heterocycles. The van der Waals surface area contributed by atoms with Gasteiger partial charge in [-0.1, -0.05) is 80.9 Å². The van der Waals surface area contributed by atoms with E-state index >= 15 is 0 Å². The van der Waals surface area contributed by atoms with Crippen molar-refractivity contribution in [3.8, 4) is 11.1 Å². The van der Waals surface area contributed by atoms with Crippen molar-refractivity contribution in [1.29, 1.82) is 0 Å². The Bertz CT molecular complexity index is 1090. The molecule has 1 N–H and O–H groups in total. The molecule has 0 aliphatic rings. The van der Waals surface area contributed by atoms with Gasteiger partial charge in [0.1, 0.15) is 5.82 Å². The van der Waals surface area contributed by atoms with Crippen LogP contribution in [0.1, 0.15) is 37.6 Å². The second-order valence-electron chi connectivity index (χ2n) is 8.28. The lowest BCUT2D eigenvalue weighted by Gasteiger charge is -2.20. The van der Waals surface area contributed by atoms with Gasteiger partial charge < -0.3 is 5.32 Å². The Hall–Kier alpha value is -3.14. The number of aromatic nitrogens is 3. The molecule has 0 atom stereocenters. The van der Waals surface area contributed by atoms with Gasteiger partial charge >= 0.3 is 0 Å². The standard InChI is InChI=1S/C24H26N4/c1-17-10-12-19(13-11-17)20-16-26-28-22(25-15-18-8-6-5-7-9-18)14-21(24(2,3)4)27-23(20)28/h5-14,16,25H,15H2,1-4H3. The van der Waals surface area contributed by atoms with Gasteiger partial charge in [0, 0.05) is 23.6 Å². The SMILES string of the molecule is Cc1ccc(-c2cnn3c(NCc4ccccc4)cc(C(C)(C)C)nc23)cc1. The fraction of sp³-hybridized carbons (Fsp3) is 0.250. The van der Waals surface area contributed by atoms with E-state index in [0.29, 0.717) is 0 Å². The van der Waals surface area contributed by atoms with Gasteiger partial charge in [-0.05, 0) is 18.1 Å². The van der Waals surface area contributed by atoms with Crippen molar-refractivity contribution in [1.82, 2.24) is 14.6 Å². The predicted molar refractivity (Wildman–Crippen MR) is 116 cm³/mol. The molecule has 0 aliphatic heterocycles.